The number of benzene rings is 2. The number of carbonyl (C=O) groups is 1. The second-order valence-electron chi connectivity index (χ2n) is 9.73. The third-order valence-electron chi connectivity index (χ3n) is 7.42. The van der Waals surface area contributed by atoms with E-state index in [4.69, 9.17) is 14.2 Å². The number of pyridine rings is 1. The lowest BCUT2D eigenvalue weighted by Crippen LogP contribution is -2.38. The van der Waals surface area contributed by atoms with E-state index >= 15 is 0 Å². The molecule has 0 bridgehead atoms. The van der Waals surface area contributed by atoms with Crippen molar-refractivity contribution in [3.05, 3.63) is 95.7 Å². The molecule has 0 saturated carbocycles. The third-order valence-corrected chi connectivity index (χ3v) is 7.42. The van der Waals surface area contributed by atoms with Crippen molar-refractivity contribution in [1.82, 2.24) is 9.88 Å². The van der Waals surface area contributed by atoms with E-state index in [2.05, 4.69) is 57.7 Å². The van der Waals surface area contributed by atoms with E-state index in [-0.39, 0.29) is 6.04 Å². The molecule has 0 spiro atoms. The lowest BCUT2D eigenvalue weighted by molar-refractivity contribution is 0.112. The van der Waals surface area contributed by atoms with Gasteiger partial charge in [0.05, 0.1) is 25.4 Å². The number of carbonyl (C=O) groups excluding carboxylic acids is 1. The second-order valence-corrected chi connectivity index (χ2v) is 9.73. The van der Waals surface area contributed by atoms with Gasteiger partial charge in [0.15, 0.2) is 11.5 Å². The number of allylic oxidation sites excluding steroid dienone is 6. The minimum absolute atomic E-state index is 0.182. The molecule has 1 amide bonds. The number of hydrogen-bond donors (Lipinski definition) is 1. The second kappa shape index (κ2) is 12.6. The quantitative estimate of drug-likeness (QED) is 0.338. The third kappa shape index (κ3) is 6.32. The minimum atomic E-state index is -0.464. The molecule has 1 atom stereocenters. The van der Waals surface area contributed by atoms with E-state index in [0.717, 1.165) is 54.6 Å². The Morgan fingerprint density at radius 3 is 2.79 bits per heavy atom. The predicted molar refractivity (Wildman–Crippen MR) is 154 cm³/mol. The fourth-order valence-corrected chi connectivity index (χ4v) is 5.42. The molecular formula is C32H35N3O4. The molecule has 7 heteroatoms. The highest BCUT2D eigenvalue weighted by molar-refractivity contribution is 5.98. The number of methoxy groups -OCH3 is 2. The molecule has 5 rings (SSSR count). The lowest BCUT2D eigenvalue weighted by Gasteiger charge is -2.38. The number of para-hydroxylation sites is 1. The zero-order chi connectivity index (χ0) is 27.0. The molecule has 1 aliphatic carbocycles. The number of aromatic nitrogens is 1. The summed E-state index contributed by atoms with van der Waals surface area (Å²) in [6, 6.07) is 13.9. The van der Waals surface area contributed by atoms with Crippen molar-refractivity contribution in [2.45, 2.75) is 31.7 Å². The number of amides is 1. The van der Waals surface area contributed by atoms with E-state index in [9.17, 15) is 4.79 Å². The number of ether oxygens (including phenoxy) is 3. The molecule has 0 fully saturated rings. The Kier molecular flexibility index (Phi) is 8.58. The minimum Gasteiger partial charge on any atom is -0.493 e. The van der Waals surface area contributed by atoms with Crippen molar-refractivity contribution in [3.8, 4) is 11.5 Å². The van der Waals surface area contributed by atoms with Crippen LogP contribution in [0, 0.1) is 0 Å². The Labute approximate surface area is 229 Å². The van der Waals surface area contributed by atoms with Crippen molar-refractivity contribution in [1.29, 1.82) is 0 Å². The maximum Gasteiger partial charge on any atom is 0.411 e. The van der Waals surface area contributed by atoms with E-state index in [1.165, 1.54) is 16.7 Å². The first kappa shape index (κ1) is 26.5. The maximum absolute atomic E-state index is 12.7. The summed E-state index contributed by atoms with van der Waals surface area (Å²) in [6.07, 6.45) is 15.7. The van der Waals surface area contributed by atoms with Crippen LogP contribution in [0.5, 0.6) is 11.5 Å². The van der Waals surface area contributed by atoms with Crippen LogP contribution in [0.2, 0.25) is 0 Å². The number of hydrogen-bond acceptors (Lipinski definition) is 6. The van der Waals surface area contributed by atoms with Crippen LogP contribution in [0.1, 0.15) is 36.4 Å². The van der Waals surface area contributed by atoms with Crippen molar-refractivity contribution < 1.29 is 19.0 Å². The van der Waals surface area contributed by atoms with Gasteiger partial charge in [0.1, 0.15) is 6.61 Å². The van der Waals surface area contributed by atoms with Crippen LogP contribution in [-0.4, -0.2) is 49.9 Å². The molecule has 7 nitrogen and oxygen atoms in total. The van der Waals surface area contributed by atoms with Gasteiger partial charge >= 0.3 is 6.09 Å². The Morgan fingerprint density at radius 2 is 1.92 bits per heavy atom. The monoisotopic (exact) mass is 525 g/mol. The molecule has 1 aliphatic heterocycles. The van der Waals surface area contributed by atoms with Gasteiger partial charge in [0.2, 0.25) is 0 Å². The van der Waals surface area contributed by atoms with E-state index in [1.807, 2.05) is 24.3 Å². The summed E-state index contributed by atoms with van der Waals surface area (Å²) in [5.74, 6) is 1.50. The zero-order valence-corrected chi connectivity index (χ0v) is 22.6. The fourth-order valence-electron chi connectivity index (χ4n) is 5.42. The van der Waals surface area contributed by atoms with Crippen LogP contribution in [0.3, 0.4) is 0 Å². The highest BCUT2D eigenvalue weighted by Gasteiger charge is 2.29. The topological polar surface area (TPSA) is 72.9 Å². The molecule has 0 saturated heterocycles. The zero-order valence-electron chi connectivity index (χ0n) is 22.6. The highest BCUT2D eigenvalue weighted by atomic mass is 16.5. The first-order valence-electron chi connectivity index (χ1n) is 13.4. The Balaban J connectivity index is 1.27. The average Bonchev–Trinajstić information content (AvgIpc) is 3.25. The molecule has 2 aromatic carbocycles. The average molecular weight is 526 g/mol. The molecule has 1 aromatic heterocycles. The first-order chi connectivity index (χ1) is 19.2. The summed E-state index contributed by atoms with van der Waals surface area (Å²) in [5.41, 5.74) is 5.47. The smallest absolute Gasteiger partial charge is 0.411 e. The van der Waals surface area contributed by atoms with E-state index < -0.39 is 6.09 Å². The lowest BCUT2D eigenvalue weighted by atomic mass is 9.88. The molecule has 2 heterocycles. The molecule has 0 radical (unpaired) electrons. The van der Waals surface area contributed by atoms with Gasteiger partial charge in [-0.2, -0.15) is 0 Å². The maximum atomic E-state index is 12.7. The van der Waals surface area contributed by atoms with Crippen LogP contribution in [-0.2, 0) is 11.2 Å². The van der Waals surface area contributed by atoms with Gasteiger partial charge < -0.3 is 14.2 Å². The SMILES string of the molecule is COc1cc2c(cc1OC)C(CCC1=CC=CC=CC1)N(CCOC(=O)Nc1ccnc3ccccc13)CC2. The summed E-state index contributed by atoms with van der Waals surface area (Å²) in [7, 11) is 3.35. The number of anilines is 1. The van der Waals surface area contributed by atoms with E-state index in [1.54, 1.807) is 26.5 Å². The van der Waals surface area contributed by atoms with Crippen molar-refractivity contribution in [2.75, 3.05) is 39.2 Å². The van der Waals surface area contributed by atoms with Gasteiger partial charge in [-0.05, 0) is 61.1 Å². The van der Waals surface area contributed by atoms with Crippen LogP contribution >= 0.6 is 0 Å². The number of nitrogens with one attached hydrogen (secondary N) is 1. The number of nitrogens with zero attached hydrogens (tertiary/aromatic N) is 2. The standard InChI is InChI=1S/C32H35N3O4/c1-37-30-21-24-16-18-35(19-20-39-32(36)34-28-15-17-33-27-12-8-7-11-25(27)28)29(26(24)22-31(30)38-2)14-13-23-9-5-3-4-6-10-23/h3-9,11-12,15,17,21-22,29H,10,13-14,16,18-20H2,1-2H3,(H,33,34,36). The van der Waals surface area contributed by atoms with Crippen LogP contribution in [0.25, 0.3) is 10.9 Å². The Morgan fingerprint density at radius 1 is 1.08 bits per heavy atom. The molecule has 1 N–H and O–H groups in total. The summed E-state index contributed by atoms with van der Waals surface area (Å²) in [5, 5.41) is 3.76. The molecule has 3 aromatic rings. The predicted octanol–water partition coefficient (Wildman–Crippen LogP) is 6.62. The van der Waals surface area contributed by atoms with Crippen LogP contribution in [0.4, 0.5) is 10.5 Å². The van der Waals surface area contributed by atoms with Gasteiger partial charge in [-0.25, -0.2) is 4.79 Å². The summed E-state index contributed by atoms with van der Waals surface area (Å²) < 4.78 is 16.9. The number of fused-ring (bicyclic) bond motifs is 2. The molecule has 1 unspecified atom stereocenters. The van der Waals surface area contributed by atoms with Crippen LogP contribution < -0.4 is 14.8 Å². The molecule has 2 aliphatic rings. The van der Waals surface area contributed by atoms with Crippen molar-refractivity contribution in [3.63, 3.8) is 0 Å². The Hall–Kier alpha value is -4.10. The highest BCUT2D eigenvalue weighted by Crippen LogP contribution is 2.40. The number of rotatable bonds is 9. The van der Waals surface area contributed by atoms with Gasteiger partial charge in [-0.15, -0.1) is 0 Å². The molecular weight excluding hydrogens is 490 g/mol. The first-order valence-corrected chi connectivity index (χ1v) is 13.4. The van der Waals surface area contributed by atoms with Gasteiger partial charge in [-0.3, -0.25) is 15.2 Å². The largest absolute Gasteiger partial charge is 0.493 e. The van der Waals surface area contributed by atoms with Crippen molar-refractivity contribution >= 4 is 22.7 Å². The fraction of sp³-hybridized carbons (Fsp3) is 0.312. The van der Waals surface area contributed by atoms with E-state index in [0.29, 0.717) is 18.8 Å². The molecule has 202 valence electrons. The van der Waals surface area contributed by atoms with Crippen LogP contribution in [0.15, 0.2) is 84.6 Å². The molecule has 39 heavy (non-hydrogen) atoms. The van der Waals surface area contributed by atoms with Gasteiger partial charge in [-0.1, -0.05) is 54.2 Å². The summed E-state index contributed by atoms with van der Waals surface area (Å²) >= 11 is 0. The summed E-state index contributed by atoms with van der Waals surface area (Å²) in [4.78, 5) is 19.4. The van der Waals surface area contributed by atoms with Crippen molar-refractivity contribution in [2.24, 2.45) is 0 Å². The Bertz CT molecular complexity index is 1410. The van der Waals surface area contributed by atoms with Gasteiger partial charge in [0, 0.05) is 30.7 Å². The summed E-state index contributed by atoms with van der Waals surface area (Å²) in [6.45, 7) is 1.82. The van der Waals surface area contributed by atoms with Gasteiger partial charge in [0.25, 0.3) is 0 Å². The normalized spacial score (nSPS) is 16.8.